The first kappa shape index (κ1) is 14.2. The van der Waals surface area contributed by atoms with Crippen LogP contribution in [0.25, 0.3) is 0 Å². The van der Waals surface area contributed by atoms with Crippen LogP contribution in [0.3, 0.4) is 0 Å². The lowest BCUT2D eigenvalue weighted by Gasteiger charge is -2.17. The van der Waals surface area contributed by atoms with E-state index in [4.69, 9.17) is 0 Å². The van der Waals surface area contributed by atoms with E-state index in [1.54, 1.807) is 18.7 Å². The first-order valence-corrected chi connectivity index (χ1v) is 6.63. The normalized spacial score (nSPS) is 11.6. The number of Topliss-reactive ketones (excluding diaryl/α,β-unsaturated/α-hetero) is 1. The van der Waals surface area contributed by atoms with E-state index in [1.807, 2.05) is 33.8 Å². The van der Waals surface area contributed by atoms with E-state index in [2.05, 4.69) is 0 Å². The Labute approximate surface area is 107 Å². The maximum Gasteiger partial charge on any atom is 0.175 e. The molecule has 0 saturated carbocycles. The van der Waals surface area contributed by atoms with Crippen LogP contribution in [0, 0.1) is 19.7 Å². The van der Waals surface area contributed by atoms with Crippen LogP contribution in [-0.2, 0) is 0 Å². The highest BCUT2D eigenvalue weighted by atomic mass is 32.2. The van der Waals surface area contributed by atoms with Gasteiger partial charge in [0.15, 0.2) is 5.78 Å². The van der Waals surface area contributed by atoms with Gasteiger partial charge in [-0.25, -0.2) is 4.39 Å². The Kier molecular flexibility index (Phi) is 4.36. The molecule has 0 atom stereocenters. The zero-order valence-corrected chi connectivity index (χ0v) is 11.9. The van der Waals surface area contributed by atoms with E-state index in [9.17, 15) is 9.18 Å². The molecular weight excluding hydrogens is 235 g/mol. The van der Waals surface area contributed by atoms with Crippen LogP contribution >= 0.6 is 11.8 Å². The molecule has 0 aromatic heterocycles. The van der Waals surface area contributed by atoms with Crippen molar-refractivity contribution in [2.45, 2.75) is 39.4 Å². The average Bonchev–Trinajstić information content (AvgIpc) is 2.11. The minimum absolute atomic E-state index is 0.0186. The fourth-order valence-corrected chi connectivity index (χ4v) is 2.33. The summed E-state index contributed by atoms with van der Waals surface area (Å²) in [4.78, 5) is 12.0. The zero-order chi connectivity index (χ0) is 13.2. The van der Waals surface area contributed by atoms with Crippen LogP contribution < -0.4 is 0 Å². The van der Waals surface area contributed by atoms with Gasteiger partial charge in [0.2, 0.25) is 0 Å². The van der Waals surface area contributed by atoms with E-state index in [1.165, 1.54) is 6.07 Å². The number of carbonyl (C=O) groups is 1. The lowest BCUT2D eigenvalue weighted by Crippen LogP contribution is -2.15. The number of benzene rings is 1. The van der Waals surface area contributed by atoms with E-state index in [0.29, 0.717) is 5.75 Å². The largest absolute Gasteiger partial charge is 0.293 e. The van der Waals surface area contributed by atoms with Gasteiger partial charge in [0.05, 0.1) is 11.3 Å². The quantitative estimate of drug-likeness (QED) is 0.753. The fraction of sp³-hybridized carbons (Fsp3) is 0.500. The summed E-state index contributed by atoms with van der Waals surface area (Å²) < 4.78 is 13.8. The minimum atomic E-state index is -0.401. The summed E-state index contributed by atoms with van der Waals surface area (Å²) in [6.45, 7) is 9.75. The molecule has 0 aliphatic heterocycles. The van der Waals surface area contributed by atoms with Gasteiger partial charge in [-0.1, -0.05) is 26.8 Å². The van der Waals surface area contributed by atoms with E-state index >= 15 is 0 Å². The maximum atomic E-state index is 13.8. The molecule has 0 fully saturated rings. The first-order chi connectivity index (χ1) is 7.70. The molecule has 0 spiro atoms. The van der Waals surface area contributed by atoms with Crippen molar-refractivity contribution < 1.29 is 9.18 Å². The van der Waals surface area contributed by atoms with Gasteiger partial charge < -0.3 is 0 Å². The number of aryl methyl sites for hydroxylation is 2. The standard InChI is InChI=1S/C14H19FOS/c1-9-6-10(2)13(11(15)7-9)12(16)8-17-14(3,4)5/h6-7H,8H2,1-5H3. The molecule has 0 saturated heterocycles. The molecule has 1 aromatic carbocycles. The average molecular weight is 254 g/mol. The number of ketones is 1. The van der Waals surface area contributed by atoms with Crippen molar-refractivity contribution in [3.8, 4) is 0 Å². The van der Waals surface area contributed by atoms with E-state index in [0.717, 1.165) is 11.1 Å². The van der Waals surface area contributed by atoms with Crippen molar-refractivity contribution in [3.63, 3.8) is 0 Å². The molecule has 0 bridgehead atoms. The van der Waals surface area contributed by atoms with Gasteiger partial charge in [-0.3, -0.25) is 4.79 Å². The molecule has 0 unspecified atom stereocenters. The van der Waals surface area contributed by atoms with Gasteiger partial charge in [0.1, 0.15) is 5.82 Å². The zero-order valence-electron chi connectivity index (χ0n) is 11.1. The third kappa shape index (κ3) is 4.15. The van der Waals surface area contributed by atoms with Gasteiger partial charge in [-0.2, -0.15) is 0 Å². The molecular formula is C14H19FOS. The van der Waals surface area contributed by atoms with Crippen molar-refractivity contribution in [1.82, 2.24) is 0 Å². The molecule has 3 heteroatoms. The molecule has 1 aromatic rings. The number of rotatable bonds is 3. The second-order valence-corrected chi connectivity index (χ2v) is 7.06. The van der Waals surface area contributed by atoms with Crippen LogP contribution in [0.5, 0.6) is 0 Å². The van der Waals surface area contributed by atoms with Crippen LogP contribution in [0.2, 0.25) is 0 Å². The maximum absolute atomic E-state index is 13.8. The second kappa shape index (κ2) is 5.21. The number of halogens is 1. The van der Waals surface area contributed by atoms with Crippen molar-refractivity contribution in [3.05, 3.63) is 34.6 Å². The third-order valence-electron chi connectivity index (χ3n) is 2.35. The lowest BCUT2D eigenvalue weighted by molar-refractivity contribution is 0.101. The molecule has 0 amide bonds. The predicted octanol–water partition coefficient (Wildman–Crippen LogP) is 4.16. The Morgan fingerprint density at radius 2 is 1.88 bits per heavy atom. The number of thioether (sulfide) groups is 1. The summed E-state index contributed by atoms with van der Waals surface area (Å²) >= 11 is 1.54. The summed E-state index contributed by atoms with van der Waals surface area (Å²) in [5.74, 6) is -0.202. The van der Waals surface area contributed by atoms with Crippen molar-refractivity contribution in [2.75, 3.05) is 5.75 Å². The van der Waals surface area contributed by atoms with Crippen LogP contribution in [0.4, 0.5) is 4.39 Å². The molecule has 0 N–H and O–H groups in total. The number of carbonyl (C=O) groups excluding carboxylic acids is 1. The van der Waals surface area contributed by atoms with Crippen molar-refractivity contribution in [1.29, 1.82) is 0 Å². The molecule has 17 heavy (non-hydrogen) atoms. The van der Waals surface area contributed by atoms with Crippen molar-refractivity contribution in [2.24, 2.45) is 0 Å². The monoisotopic (exact) mass is 254 g/mol. The van der Waals surface area contributed by atoms with E-state index in [-0.39, 0.29) is 16.1 Å². The Balaban J connectivity index is 2.90. The summed E-state index contributed by atoms with van der Waals surface area (Å²) in [5.41, 5.74) is 1.81. The number of hydrogen-bond acceptors (Lipinski definition) is 2. The Morgan fingerprint density at radius 3 is 2.35 bits per heavy atom. The summed E-state index contributed by atoms with van der Waals surface area (Å²) in [7, 11) is 0. The number of hydrogen-bond donors (Lipinski definition) is 0. The highest BCUT2D eigenvalue weighted by molar-refractivity contribution is 8.01. The highest BCUT2D eigenvalue weighted by Gasteiger charge is 2.18. The summed E-state index contributed by atoms with van der Waals surface area (Å²) in [5, 5.41) is 0. The Hall–Kier alpha value is -0.830. The van der Waals surface area contributed by atoms with Gasteiger partial charge in [-0.05, 0) is 31.0 Å². The SMILES string of the molecule is Cc1cc(C)c(C(=O)CSC(C)(C)C)c(F)c1. The molecule has 0 aliphatic carbocycles. The van der Waals surface area contributed by atoms with E-state index < -0.39 is 5.82 Å². The highest BCUT2D eigenvalue weighted by Crippen LogP contribution is 2.25. The van der Waals surface area contributed by atoms with Crippen LogP contribution in [0.15, 0.2) is 12.1 Å². The van der Waals surface area contributed by atoms with Gasteiger partial charge >= 0.3 is 0 Å². The molecule has 0 heterocycles. The fourth-order valence-electron chi connectivity index (χ4n) is 1.62. The van der Waals surface area contributed by atoms with Crippen LogP contribution in [0.1, 0.15) is 42.3 Å². The smallest absolute Gasteiger partial charge is 0.175 e. The molecule has 94 valence electrons. The second-order valence-electron chi connectivity index (χ2n) is 5.26. The van der Waals surface area contributed by atoms with Gasteiger partial charge in [0.25, 0.3) is 0 Å². The topological polar surface area (TPSA) is 17.1 Å². The lowest BCUT2D eigenvalue weighted by atomic mass is 10.0. The van der Waals surface area contributed by atoms with Crippen LogP contribution in [-0.4, -0.2) is 16.3 Å². The predicted molar refractivity (Wildman–Crippen MR) is 72.4 cm³/mol. The van der Waals surface area contributed by atoms with Gasteiger partial charge in [-0.15, -0.1) is 11.8 Å². The summed E-state index contributed by atoms with van der Waals surface area (Å²) in [6, 6.07) is 3.26. The third-order valence-corrected chi connectivity index (χ3v) is 3.62. The molecule has 0 radical (unpaired) electrons. The molecule has 1 rings (SSSR count). The molecule has 0 aliphatic rings. The van der Waals surface area contributed by atoms with Crippen molar-refractivity contribution >= 4 is 17.5 Å². The van der Waals surface area contributed by atoms with Gasteiger partial charge in [0, 0.05) is 4.75 Å². The minimum Gasteiger partial charge on any atom is -0.293 e. The first-order valence-electron chi connectivity index (χ1n) is 5.64. The molecule has 1 nitrogen and oxygen atoms in total. The Bertz CT molecular complexity index is 409. The summed E-state index contributed by atoms with van der Waals surface area (Å²) in [6.07, 6.45) is 0. The Morgan fingerprint density at radius 1 is 1.29 bits per heavy atom.